The molecule has 0 radical (unpaired) electrons. The number of carboxylic acid groups (broad SMARTS) is 1. The molecular formula is C3H7NO4Pd. The van der Waals surface area contributed by atoms with Gasteiger partial charge in [0.15, 0.2) is 7.05 Å². The molecule has 0 aromatic heterocycles. The Labute approximate surface area is 65.9 Å². The SMILES string of the molecule is CC(=O)O.C[N+](=O)[O-].[Pd]. The molecule has 5 nitrogen and oxygen atoms in total. The number of carbonyl (C=O) groups is 1. The number of nitrogens with zero attached hydrogens (tertiary/aromatic N) is 1. The molecule has 0 aliphatic rings. The second kappa shape index (κ2) is 10.5. The first-order valence-corrected chi connectivity index (χ1v) is 1.74. The van der Waals surface area contributed by atoms with E-state index in [1.807, 2.05) is 0 Å². The number of hydrogen-bond donors (Lipinski definition) is 1. The van der Waals surface area contributed by atoms with E-state index in [9.17, 15) is 0 Å². The quantitative estimate of drug-likeness (QED) is 0.358. The summed E-state index contributed by atoms with van der Waals surface area (Å²) in [4.78, 5) is 17.3. The molecule has 0 saturated heterocycles. The van der Waals surface area contributed by atoms with Gasteiger partial charge in [-0.1, -0.05) is 0 Å². The molecule has 0 rings (SSSR count). The van der Waals surface area contributed by atoms with Crippen LogP contribution in [0, 0.1) is 10.1 Å². The molecule has 0 spiro atoms. The zero-order valence-corrected chi connectivity index (χ0v) is 6.49. The summed E-state index contributed by atoms with van der Waals surface area (Å²) in [6, 6.07) is 0. The van der Waals surface area contributed by atoms with Gasteiger partial charge in [-0.15, -0.1) is 0 Å². The summed E-state index contributed by atoms with van der Waals surface area (Å²) in [6.45, 7) is 1.08. The van der Waals surface area contributed by atoms with Crippen molar-refractivity contribution in [2.45, 2.75) is 6.92 Å². The summed E-state index contributed by atoms with van der Waals surface area (Å²) in [5.41, 5.74) is 0. The normalized spacial score (nSPS) is 5.56. The molecule has 9 heavy (non-hydrogen) atoms. The van der Waals surface area contributed by atoms with Crippen LogP contribution in [0.2, 0.25) is 0 Å². The van der Waals surface area contributed by atoms with Crippen LogP contribution in [-0.4, -0.2) is 23.0 Å². The van der Waals surface area contributed by atoms with Crippen LogP contribution >= 0.6 is 0 Å². The van der Waals surface area contributed by atoms with E-state index >= 15 is 0 Å². The van der Waals surface area contributed by atoms with Crippen molar-refractivity contribution in [3.63, 3.8) is 0 Å². The van der Waals surface area contributed by atoms with Gasteiger partial charge in [0.05, 0.1) is 0 Å². The summed E-state index contributed by atoms with van der Waals surface area (Å²) in [5.74, 6) is -0.833. The van der Waals surface area contributed by atoms with Gasteiger partial charge in [0.1, 0.15) is 0 Å². The Morgan fingerprint density at radius 2 is 1.67 bits per heavy atom. The Hall–Kier alpha value is -0.468. The molecule has 0 atom stereocenters. The predicted octanol–water partition coefficient (Wildman–Crippen LogP) is -0.0187. The van der Waals surface area contributed by atoms with Gasteiger partial charge in [-0.25, -0.2) is 0 Å². The molecule has 1 N–H and O–H groups in total. The van der Waals surface area contributed by atoms with E-state index in [0.29, 0.717) is 0 Å². The molecule has 0 fully saturated rings. The van der Waals surface area contributed by atoms with Crippen LogP contribution in [0.25, 0.3) is 0 Å². The zero-order chi connectivity index (χ0) is 7.15. The molecule has 0 amide bonds. The molecular weight excluding hydrogens is 220 g/mol. The summed E-state index contributed by atoms with van der Waals surface area (Å²) in [7, 11) is 0.889. The number of rotatable bonds is 0. The van der Waals surface area contributed by atoms with Crippen molar-refractivity contribution in [3.05, 3.63) is 10.1 Å². The second-order valence-corrected chi connectivity index (χ2v) is 0.959. The first-order valence-electron chi connectivity index (χ1n) is 1.74. The summed E-state index contributed by atoms with van der Waals surface area (Å²) in [5, 5.41) is 16.2. The van der Waals surface area contributed by atoms with E-state index in [1.165, 1.54) is 0 Å². The Balaban J connectivity index is -0.0000000720. The monoisotopic (exact) mass is 227 g/mol. The van der Waals surface area contributed by atoms with E-state index in [4.69, 9.17) is 20.0 Å². The maximum Gasteiger partial charge on any atom is 0.300 e. The van der Waals surface area contributed by atoms with Crippen LogP contribution in [-0.2, 0) is 25.2 Å². The maximum atomic E-state index is 9.00. The van der Waals surface area contributed by atoms with Crippen molar-refractivity contribution in [2.24, 2.45) is 0 Å². The molecule has 0 aliphatic carbocycles. The fraction of sp³-hybridized carbons (Fsp3) is 0.667. The van der Waals surface area contributed by atoms with Gasteiger partial charge >= 0.3 is 0 Å². The molecule has 0 unspecified atom stereocenters. The standard InChI is InChI=1S/C2H4O2.CH3NO2.Pd/c2*1-2(3)4;/h1H3,(H,3,4);1H3;. The van der Waals surface area contributed by atoms with Crippen molar-refractivity contribution in [1.29, 1.82) is 0 Å². The molecule has 0 bridgehead atoms. The van der Waals surface area contributed by atoms with Gasteiger partial charge in [0, 0.05) is 32.3 Å². The first-order chi connectivity index (χ1) is 3.46. The van der Waals surface area contributed by atoms with E-state index < -0.39 is 10.9 Å². The average Bonchev–Trinajstić information content (AvgIpc) is 1.25. The summed E-state index contributed by atoms with van der Waals surface area (Å²) < 4.78 is 0. The van der Waals surface area contributed by atoms with E-state index in [2.05, 4.69) is 0 Å². The smallest absolute Gasteiger partial charge is 0.300 e. The van der Waals surface area contributed by atoms with E-state index in [1.54, 1.807) is 0 Å². The summed E-state index contributed by atoms with van der Waals surface area (Å²) in [6.07, 6.45) is 0. The van der Waals surface area contributed by atoms with Crippen molar-refractivity contribution in [1.82, 2.24) is 0 Å². The average molecular weight is 228 g/mol. The Bertz CT molecular complexity index is 73.8. The minimum absolute atomic E-state index is 0. The van der Waals surface area contributed by atoms with Gasteiger partial charge in [-0.05, 0) is 0 Å². The molecule has 58 valence electrons. The molecule has 0 aliphatic heterocycles. The molecule has 0 aromatic carbocycles. The minimum Gasteiger partial charge on any atom is -0.481 e. The number of aliphatic carboxylic acids is 1. The van der Waals surface area contributed by atoms with Gasteiger partial charge in [-0.3, -0.25) is 14.9 Å². The number of carboxylic acids is 1. The predicted molar refractivity (Wildman–Crippen MR) is 26.2 cm³/mol. The third-order valence-corrected chi connectivity index (χ3v) is 0. The summed E-state index contributed by atoms with van der Waals surface area (Å²) >= 11 is 0. The van der Waals surface area contributed by atoms with Crippen molar-refractivity contribution < 1.29 is 35.2 Å². The third-order valence-electron chi connectivity index (χ3n) is 0. The van der Waals surface area contributed by atoms with Crippen LogP contribution in [0.5, 0.6) is 0 Å². The molecule has 6 heteroatoms. The van der Waals surface area contributed by atoms with Crippen LogP contribution in [0.3, 0.4) is 0 Å². The van der Waals surface area contributed by atoms with Crippen molar-refractivity contribution in [2.75, 3.05) is 7.05 Å². The van der Waals surface area contributed by atoms with Gasteiger partial charge in [0.2, 0.25) is 0 Å². The zero-order valence-electron chi connectivity index (χ0n) is 4.94. The fourth-order valence-corrected chi connectivity index (χ4v) is 0. The topological polar surface area (TPSA) is 80.4 Å². The van der Waals surface area contributed by atoms with E-state index in [0.717, 1.165) is 14.0 Å². The number of hydrogen-bond acceptors (Lipinski definition) is 3. The molecule has 0 aromatic rings. The molecule has 0 saturated carbocycles. The van der Waals surface area contributed by atoms with Crippen LogP contribution in [0.1, 0.15) is 6.92 Å². The van der Waals surface area contributed by atoms with Crippen LogP contribution < -0.4 is 0 Å². The van der Waals surface area contributed by atoms with Gasteiger partial charge in [0.25, 0.3) is 5.97 Å². The fourth-order valence-electron chi connectivity index (χ4n) is 0. The van der Waals surface area contributed by atoms with Crippen molar-refractivity contribution >= 4 is 5.97 Å². The van der Waals surface area contributed by atoms with Crippen LogP contribution in [0.15, 0.2) is 0 Å². The third kappa shape index (κ3) is 1050. The van der Waals surface area contributed by atoms with Gasteiger partial charge in [-0.2, -0.15) is 0 Å². The second-order valence-electron chi connectivity index (χ2n) is 0.959. The van der Waals surface area contributed by atoms with Gasteiger partial charge < -0.3 is 5.11 Å². The minimum atomic E-state index is -0.833. The largest absolute Gasteiger partial charge is 0.481 e. The molecule has 0 heterocycles. The van der Waals surface area contributed by atoms with E-state index in [-0.39, 0.29) is 20.4 Å². The van der Waals surface area contributed by atoms with Crippen LogP contribution in [0.4, 0.5) is 0 Å². The Morgan fingerprint density at radius 3 is 1.67 bits per heavy atom. The van der Waals surface area contributed by atoms with Crippen molar-refractivity contribution in [3.8, 4) is 0 Å². The Morgan fingerprint density at radius 1 is 1.67 bits per heavy atom. The first kappa shape index (κ1) is 15.8. The maximum absolute atomic E-state index is 9.00. The number of nitro groups is 1. The Kier molecular flexibility index (Phi) is 18.5.